The van der Waals surface area contributed by atoms with E-state index in [0.717, 1.165) is 10.0 Å². The lowest BCUT2D eigenvalue weighted by Crippen LogP contribution is -2.12. The zero-order valence-electron chi connectivity index (χ0n) is 11.9. The third-order valence-electron chi connectivity index (χ3n) is 3.14. The number of pyridine rings is 1. The fourth-order valence-corrected chi connectivity index (χ4v) is 2.77. The number of hydrogen-bond donors (Lipinski definition) is 2. The standard InChI is InChI=1S/C15H11BrClN3O3/c1-21-14-13-9(5-12(17)20-14)10(6-22-15(18)19)8-4-7(16)2-3-11(8)23-13/h2-6H,1H3,(H3,18,19). The van der Waals surface area contributed by atoms with Crippen LogP contribution in [0.15, 0.2) is 35.0 Å². The number of fused-ring (bicyclic) bond motifs is 2. The van der Waals surface area contributed by atoms with Crippen molar-refractivity contribution < 1.29 is 14.2 Å². The fourth-order valence-electron chi connectivity index (χ4n) is 2.22. The van der Waals surface area contributed by atoms with Gasteiger partial charge in [-0.15, -0.1) is 0 Å². The Morgan fingerprint density at radius 1 is 1.39 bits per heavy atom. The highest BCUT2D eigenvalue weighted by Crippen LogP contribution is 2.48. The van der Waals surface area contributed by atoms with Crippen molar-refractivity contribution in [3.8, 4) is 17.4 Å². The molecule has 1 aliphatic rings. The molecular formula is C15H11BrClN3O3. The summed E-state index contributed by atoms with van der Waals surface area (Å²) in [6, 6.07) is 6.74. The van der Waals surface area contributed by atoms with Crippen molar-refractivity contribution in [2.45, 2.75) is 0 Å². The minimum atomic E-state index is -0.422. The summed E-state index contributed by atoms with van der Waals surface area (Å²) < 4.78 is 17.1. The maximum Gasteiger partial charge on any atom is 0.284 e. The summed E-state index contributed by atoms with van der Waals surface area (Å²) >= 11 is 9.48. The highest BCUT2D eigenvalue weighted by atomic mass is 79.9. The molecule has 2 aromatic rings. The van der Waals surface area contributed by atoms with E-state index < -0.39 is 6.02 Å². The summed E-state index contributed by atoms with van der Waals surface area (Å²) in [6.07, 6.45) is 1.38. The van der Waals surface area contributed by atoms with Crippen LogP contribution in [-0.2, 0) is 4.74 Å². The quantitative estimate of drug-likeness (QED) is 0.297. The van der Waals surface area contributed by atoms with E-state index in [4.69, 9.17) is 37.0 Å². The Hall–Kier alpha value is -2.25. The molecule has 3 rings (SSSR count). The van der Waals surface area contributed by atoms with Crippen LogP contribution < -0.4 is 15.2 Å². The number of ether oxygens (including phenoxy) is 3. The number of hydrogen-bond acceptors (Lipinski definition) is 5. The second kappa shape index (κ2) is 6.10. The number of methoxy groups -OCH3 is 1. The Balaban J connectivity index is 2.26. The van der Waals surface area contributed by atoms with Crippen LogP contribution in [0.1, 0.15) is 11.1 Å². The third kappa shape index (κ3) is 2.97. The number of nitrogens with one attached hydrogen (secondary N) is 1. The normalized spacial score (nSPS) is 13.8. The van der Waals surface area contributed by atoms with E-state index in [9.17, 15) is 0 Å². The Kier molecular flexibility index (Phi) is 4.14. The van der Waals surface area contributed by atoms with Crippen LogP contribution >= 0.6 is 27.5 Å². The van der Waals surface area contributed by atoms with Crippen LogP contribution in [0.3, 0.4) is 0 Å². The molecule has 23 heavy (non-hydrogen) atoms. The van der Waals surface area contributed by atoms with Crippen molar-refractivity contribution >= 4 is 39.1 Å². The number of nitrogens with zero attached hydrogens (tertiary/aromatic N) is 1. The summed E-state index contributed by atoms with van der Waals surface area (Å²) in [7, 11) is 1.48. The topological polar surface area (TPSA) is 90.5 Å². The molecular weight excluding hydrogens is 386 g/mol. The summed E-state index contributed by atoms with van der Waals surface area (Å²) in [6.45, 7) is 0. The van der Waals surface area contributed by atoms with Crippen LogP contribution in [0, 0.1) is 5.41 Å². The van der Waals surface area contributed by atoms with Gasteiger partial charge in [0, 0.05) is 21.2 Å². The summed E-state index contributed by atoms with van der Waals surface area (Å²) in [5.74, 6) is 1.28. The fraction of sp³-hybridized carbons (Fsp3) is 0.0667. The van der Waals surface area contributed by atoms with E-state index in [1.807, 2.05) is 12.1 Å². The number of nitrogens with two attached hydrogens (primary N) is 1. The maximum absolute atomic E-state index is 7.25. The van der Waals surface area contributed by atoms with Crippen molar-refractivity contribution in [2.75, 3.05) is 7.11 Å². The Morgan fingerprint density at radius 2 is 2.17 bits per heavy atom. The summed E-state index contributed by atoms with van der Waals surface area (Å²) in [5, 5.41) is 7.50. The first-order valence-corrected chi connectivity index (χ1v) is 7.60. The molecule has 1 aromatic carbocycles. The SMILES string of the molecule is COc1nc(Cl)cc2c1Oc1ccc(Br)cc1C2=COC(=N)N. The first-order valence-electron chi connectivity index (χ1n) is 6.43. The molecule has 0 fully saturated rings. The van der Waals surface area contributed by atoms with E-state index in [1.165, 1.54) is 13.4 Å². The monoisotopic (exact) mass is 395 g/mol. The average Bonchev–Trinajstić information content (AvgIpc) is 2.51. The van der Waals surface area contributed by atoms with Crippen molar-refractivity contribution in [3.05, 3.63) is 51.3 Å². The van der Waals surface area contributed by atoms with Crippen molar-refractivity contribution in [3.63, 3.8) is 0 Å². The van der Waals surface area contributed by atoms with Crippen LogP contribution in [0.4, 0.5) is 0 Å². The minimum Gasteiger partial charge on any atom is -0.478 e. The Bertz CT molecular complexity index is 839. The Morgan fingerprint density at radius 3 is 2.87 bits per heavy atom. The lowest BCUT2D eigenvalue weighted by molar-refractivity contribution is 0.361. The molecule has 0 radical (unpaired) electrons. The molecule has 3 N–H and O–H groups in total. The molecule has 118 valence electrons. The van der Waals surface area contributed by atoms with E-state index in [1.54, 1.807) is 12.1 Å². The van der Waals surface area contributed by atoms with Gasteiger partial charge >= 0.3 is 0 Å². The number of rotatable bonds is 2. The first-order chi connectivity index (χ1) is 11.0. The zero-order chi connectivity index (χ0) is 16.6. The molecule has 0 saturated carbocycles. The molecule has 8 heteroatoms. The molecule has 1 aliphatic heterocycles. The highest BCUT2D eigenvalue weighted by molar-refractivity contribution is 9.10. The molecule has 1 aromatic heterocycles. The number of amidine groups is 1. The molecule has 6 nitrogen and oxygen atoms in total. The lowest BCUT2D eigenvalue weighted by atomic mass is 9.96. The third-order valence-corrected chi connectivity index (χ3v) is 3.83. The maximum atomic E-state index is 7.25. The second-order valence-electron chi connectivity index (χ2n) is 4.59. The van der Waals surface area contributed by atoms with Gasteiger partial charge in [0.15, 0.2) is 5.75 Å². The van der Waals surface area contributed by atoms with Gasteiger partial charge in [-0.05, 0) is 24.3 Å². The van der Waals surface area contributed by atoms with E-state index in [2.05, 4.69) is 20.9 Å². The van der Waals surface area contributed by atoms with E-state index in [0.29, 0.717) is 22.6 Å². The molecule has 0 saturated heterocycles. The van der Waals surface area contributed by atoms with Gasteiger partial charge in [0.2, 0.25) is 0 Å². The van der Waals surface area contributed by atoms with Gasteiger partial charge in [-0.25, -0.2) is 0 Å². The van der Waals surface area contributed by atoms with Gasteiger partial charge in [-0.2, -0.15) is 4.98 Å². The van der Waals surface area contributed by atoms with Crippen molar-refractivity contribution in [2.24, 2.45) is 5.73 Å². The molecule has 0 spiro atoms. The minimum absolute atomic E-state index is 0.247. The second-order valence-corrected chi connectivity index (χ2v) is 5.89. The zero-order valence-corrected chi connectivity index (χ0v) is 14.2. The van der Waals surface area contributed by atoms with Crippen LogP contribution in [-0.4, -0.2) is 18.1 Å². The molecule has 0 unspecified atom stereocenters. The predicted octanol–water partition coefficient (Wildman–Crippen LogP) is 3.91. The molecule has 0 bridgehead atoms. The van der Waals surface area contributed by atoms with Gasteiger partial charge in [0.25, 0.3) is 11.9 Å². The highest BCUT2D eigenvalue weighted by Gasteiger charge is 2.27. The van der Waals surface area contributed by atoms with E-state index in [-0.39, 0.29) is 11.0 Å². The molecule has 0 atom stereocenters. The average molecular weight is 397 g/mol. The first kappa shape index (κ1) is 15.6. The molecule has 0 amide bonds. The largest absolute Gasteiger partial charge is 0.478 e. The summed E-state index contributed by atoms with van der Waals surface area (Å²) in [4.78, 5) is 4.10. The number of halogens is 2. The smallest absolute Gasteiger partial charge is 0.284 e. The van der Waals surface area contributed by atoms with Crippen LogP contribution in [0.5, 0.6) is 17.4 Å². The van der Waals surface area contributed by atoms with Gasteiger partial charge in [0.05, 0.1) is 7.11 Å². The predicted molar refractivity (Wildman–Crippen MR) is 90.1 cm³/mol. The van der Waals surface area contributed by atoms with Gasteiger partial charge in [0.1, 0.15) is 17.2 Å². The van der Waals surface area contributed by atoms with E-state index >= 15 is 0 Å². The lowest BCUT2D eigenvalue weighted by Gasteiger charge is -2.24. The van der Waals surface area contributed by atoms with Crippen molar-refractivity contribution in [1.29, 1.82) is 5.41 Å². The van der Waals surface area contributed by atoms with Gasteiger partial charge < -0.3 is 19.9 Å². The van der Waals surface area contributed by atoms with Gasteiger partial charge in [-0.3, -0.25) is 5.41 Å². The summed E-state index contributed by atoms with van der Waals surface area (Å²) in [5.41, 5.74) is 7.33. The number of aromatic nitrogens is 1. The Labute approximate surface area is 145 Å². The van der Waals surface area contributed by atoms with Crippen LogP contribution in [0.2, 0.25) is 5.15 Å². The van der Waals surface area contributed by atoms with Gasteiger partial charge in [-0.1, -0.05) is 27.5 Å². The number of benzene rings is 1. The molecule has 2 heterocycles. The van der Waals surface area contributed by atoms with Crippen LogP contribution in [0.25, 0.3) is 5.57 Å². The van der Waals surface area contributed by atoms with Crippen molar-refractivity contribution in [1.82, 2.24) is 4.98 Å². The molecule has 0 aliphatic carbocycles.